The number of rotatable bonds is 50. The van der Waals surface area contributed by atoms with Crippen LogP contribution in [0.1, 0.15) is 265 Å². The van der Waals surface area contributed by atoms with E-state index in [1.165, 1.54) is 135 Å². The van der Waals surface area contributed by atoms with Crippen LogP contribution in [0.25, 0.3) is 0 Å². The highest BCUT2D eigenvalue weighted by Gasteiger charge is 2.19. The molecular formula is C61H104O6. The van der Waals surface area contributed by atoms with Gasteiger partial charge in [-0.3, -0.25) is 14.4 Å². The van der Waals surface area contributed by atoms with E-state index in [-0.39, 0.29) is 37.5 Å². The zero-order valence-electron chi connectivity index (χ0n) is 43.9. The van der Waals surface area contributed by atoms with Crippen LogP contribution in [-0.4, -0.2) is 37.2 Å². The molecule has 384 valence electrons. The third-order valence-corrected chi connectivity index (χ3v) is 11.9. The largest absolute Gasteiger partial charge is 0.462 e. The van der Waals surface area contributed by atoms with Crippen molar-refractivity contribution in [3.05, 3.63) is 85.1 Å². The minimum atomic E-state index is -0.809. The summed E-state index contributed by atoms with van der Waals surface area (Å²) in [4.78, 5) is 38.1. The van der Waals surface area contributed by atoms with Gasteiger partial charge in [-0.25, -0.2) is 0 Å². The third kappa shape index (κ3) is 53.4. The minimum Gasteiger partial charge on any atom is -0.462 e. The Bertz CT molecular complexity index is 1300. The molecule has 0 saturated heterocycles. The van der Waals surface area contributed by atoms with Gasteiger partial charge in [0.15, 0.2) is 6.10 Å². The van der Waals surface area contributed by atoms with Gasteiger partial charge in [-0.05, 0) is 83.5 Å². The predicted molar refractivity (Wildman–Crippen MR) is 288 cm³/mol. The van der Waals surface area contributed by atoms with Crippen molar-refractivity contribution in [3.63, 3.8) is 0 Å². The first-order chi connectivity index (χ1) is 33.0. The third-order valence-electron chi connectivity index (χ3n) is 11.9. The average Bonchev–Trinajstić information content (AvgIpc) is 3.33. The monoisotopic (exact) mass is 933 g/mol. The second-order valence-electron chi connectivity index (χ2n) is 18.5. The number of unbranched alkanes of at least 4 members (excludes halogenated alkanes) is 25. The van der Waals surface area contributed by atoms with Crippen LogP contribution < -0.4 is 0 Å². The van der Waals surface area contributed by atoms with Crippen molar-refractivity contribution in [1.29, 1.82) is 0 Å². The molecule has 67 heavy (non-hydrogen) atoms. The fourth-order valence-electron chi connectivity index (χ4n) is 7.70. The van der Waals surface area contributed by atoms with Crippen molar-refractivity contribution in [2.24, 2.45) is 0 Å². The highest BCUT2D eigenvalue weighted by Crippen LogP contribution is 2.15. The van der Waals surface area contributed by atoms with Crippen molar-refractivity contribution in [2.45, 2.75) is 271 Å². The number of esters is 3. The van der Waals surface area contributed by atoms with E-state index < -0.39 is 6.10 Å². The standard InChI is InChI=1S/C61H104O6/c1-4-7-10-13-16-19-22-25-28-30-31-32-34-36-39-42-45-48-51-54-60(63)66-57-58(56-65-59(62)53-50-47-44-41-38-35-27-24-21-18-15-12-9-6-3)67-61(64)55-52-49-46-43-40-37-33-29-26-23-20-17-14-11-8-5-2/h7,10,16,19,24-25,27-28,31-32,36,39,45,48,58H,4-6,8-9,11-15,17-18,20-23,26,29-30,33-35,37-38,40-44,46-47,49-57H2,1-3H3/b10-7-,19-16-,27-24-,28-25-,32-31-,39-36-,48-45-/t58-/m1/s1. The lowest BCUT2D eigenvalue weighted by Crippen LogP contribution is -2.30. The summed E-state index contributed by atoms with van der Waals surface area (Å²) in [6.07, 6.45) is 71.5. The molecule has 0 saturated carbocycles. The topological polar surface area (TPSA) is 78.9 Å². The molecule has 6 heteroatoms. The summed E-state index contributed by atoms with van der Waals surface area (Å²) in [6, 6.07) is 0. The molecular weight excluding hydrogens is 829 g/mol. The van der Waals surface area contributed by atoms with Gasteiger partial charge in [0, 0.05) is 19.3 Å². The number of carbonyl (C=O) groups is 3. The molecule has 0 N–H and O–H groups in total. The summed E-state index contributed by atoms with van der Waals surface area (Å²) in [6.45, 7) is 6.46. The highest BCUT2D eigenvalue weighted by molar-refractivity contribution is 5.71. The molecule has 0 bridgehead atoms. The quantitative estimate of drug-likeness (QED) is 0.0262. The Hall–Kier alpha value is -3.41. The molecule has 6 nitrogen and oxygen atoms in total. The maximum Gasteiger partial charge on any atom is 0.306 e. The lowest BCUT2D eigenvalue weighted by Gasteiger charge is -2.18. The van der Waals surface area contributed by atoms with Gasteiger partial charge in [-0.15, -0.1) is 0 Å². The molecule has 0 aromatic carbocycles. The summed E-state index contributed by atoms with van der Waals surface area (Å²) in [5.74, 6) is -0.991. The van der Waals surface area contributed by atoms with Crippen LogP contribution in [0.3, 0.4) is 0 Å². The maximum atomic E-state index is 12.8. The molecule has 0 aliphatic rings. The van der Waals surface area contributed by atoms with Crippen LogP contribution in [-0.2, 0) is 28.6 Å². The summed E-state index contributed by atoms with van der Waals surface area (Å²) in [7, 11) is 0. The molecule has 0 aliphatic heterocycles. The second kappa shape index (κ2) is 55.2. The smallest absolute Gasteiger partial charge is 0.306 e. The first-order valence-electron chi connectivity index (χ1n) is 28.1. The van der Waals surface area contributed by atoms with E-state index in [0.717, 1.165) is 83.5 Å². The van der Waals surface area contributed by atoms with E-state index in [0.29, 0.717) is 19.3 Å². The Morgan fingerprint density at radius 3 is 1.00 bits per heavy atom. The van der Waals surface area contributed by atoms with Gasteiger partial charge in [0.25, 0.3) is 0 Å². The number of carbonyl (C=O) groups excluding carboxylic acids is 3. The van der Waals surface area contributed by atoms with Gasteiger partial charge in [-0.1, -0.05) is 247 Å². The van der Waals surface area contributed by atoms with Crippen LogP contribution in [0, 0.1) is 0 Å². The predicted octanol–water partition coefficient (Wildman–Crippen LogP) is 18.8. The van der Waals surface area contributed by atoms with Crippen LogP contribution in [0.15, 0.2) is 85.1 Å². The molecule has 0 fully saturated rings. The number of hydrogen-bond acceptors (Lipinski definition) is 6. The van der Waals surface area contributed by atoms with Gasteiger partial charge in [-0.2, -0.15) is 0 Å². The Morgan fingerprint density at radius 1 is 0.313 bits per heavy atom. The van der Waals surface area contributed by atoms with Crippen LogP contribution in [0.2, 0.25) is 0 Å². The van der Waals surface area contributed by atoms with Gasteiger partial charge in [0.2, 0.25) is 0 Å². The van der Waals surface area contributed by atoms with Crippen LogP contribution >= 0.6 is 0 Å². The van der Waals surface area contributed by atoms with Crippen molar-refractivity contribution in [1.82, 2.24) is 0 Å². The van der Waals surface area contributed by atoms with Crippen LogP contribution in [0.5, 0.6) is 0 Å². The van der Waals surface area contributed by atoms with Gasteiger partial charge in [0.1, 0.15) is 13.2 Å². The maximum absolute atomic E-state index is 12.8. The lowest BCUT2D eigenvalue weighted by atomic mass is 10.0. The molecule has 0 spiro atoms. The molecule has 0 aromatic rings. The van der Waals surface area contributed by atoms with Crippen molar-refractivity contribution < 1.29 is 28.6 Å². The van der Waals surface area contributed by atoms with E-state index in [2.05, 4.69) is 99.8 Å². The minimum absolute atomic E-state index is 0.102. The number of hydrogen-bond donors (Lipinski definition) is 0. The van der Waals surface area contributed by atoms with Crippen molar-refractivity contribution in [2.75, 3.05) is 13.2 Å². The van der Waals surface area contributed by atoms with Crippen molar-refractivity contribution >= 4 is 17.9 Å². The van der Waals surface area contributed by atoms with E-state index in [9.17, 15) is 14.4 Å². The second-order valence-corrected chi connectivity index (χ2v) is 18.5. The first-order valence-corrected chi connectivity index (χ1v) is 28.1. The molecule has 0 amide bonds. The van der Waals surface area contributed by atoms with Crippen LogP contribution in [0.4, 0.5) is 0 Å². The zero-order chi connectivity index (χ0) is 48.6. The Kier molecular flexibility index (Phi) is 52.4. The van der Waals surface area contributed by atoms with E-state index in [1.807, 2.05) is 6.08 Å². The Morgan fingerprint density at radius 2 is 0.612 bits per heavy atom. The summed E-state index contributed by atoms with van der Waals surface area (Å²) >= 11 is 0. The average molecular weight is 933 g/mol. The fourth-order valence-corrected chi connectivity index (χ4v) is 7.70. The number of ether oxygens (including phenoxy) is 3. The van der Waals surface area contributed by atoms with Gasteiger partial charge < -0.3 is 14.2 Å². The molecule has 0 aromatic heterocycles. The summed E-state index contributed by atoms with van der Waals surface area (Å²) < 4.78 is 16.8. The van der Waals surface area contributed by atoms with Crippen molar-refractivity contribution in [3.8, 4) is 0 Å². The molecule has 0 heterocycles. The van der Waals surface area contributed by atoms with E-state index in [1.54, 1.807) is 0 Å². The van der Waals surface area contributed by atoms with Gasteiger partial charge >= 0.3 is 17.9 Å². The van der Waals surface area contributed by atoms with Gasteiger partial charge in [0.05, 0.1) is 0 Å². The molecule has 0 unspecified atom stereocenters. The van der Waals surface area contributed by atoms with E-state index >= 15 is 0 Å². The Labute approximate surface area is 414 Å². The normalized spacial score (nSPS) is 12.7. The first kappa shape index (κ1) is 63.6. The Balaban J connectivity index is 4.49. The molecule has 0 rings (SSSR count). The molecule has 0 aliphatic carbocycles. The molecule has 0 radical (unpaired) electrons. The fraction of sp³-hybridized carbons (Fsp3) is 0.721. The zero-order valence-corrected chi connectivity index (χ0v) is 43.9. The summed E-state index contributed by atoms with van der Waals surface area (Å²) in [5.41, 5.74) is 0. The number of allylic oxidation sites excluding steroid dienone is 14. The SMILES string of the molecule is CC/C=C\C/C=C\C/C=C\C/C=C\C/C=C\C/C=C\CCC(=O)OC[C@@H](COC(=O)CCCCCCC/C=C\CCCCCCC)OC(=O)CCCCCCCCCCCCCCCCCC. The van der Waals surface area contributed by atoms with E-state index in [4.69, 9.17) is 14.2 Å². The molecule has 1 atom stereocenters. The lowest BCUT2D eigenvalue weighted by molar-refractivity contribution is -0.166. The highest BCUT2D eigenvalue weighted by atomic mass is 16.6. The summed E-state index contributed by atoms with van der Waals surface area (Å²) in [5, 5.41) is 0.